The predicted molar refractivity (Wildman–Crippen MR) is 74.6 cm³/mol. The van der Waals surface area contributed by atoms with Gasteiger partial charge < -0.3 is 11.1 Å². The summed E-state index contributed by atoms with van der Waals surface area (Å²) < 4.78 is 38.7. The number of nitrogens with one attached hydrogen (secondary N) is 1. The molecule has 0 amide bonds. The first kappa shape index (κ1) is 14.5. The fourth-order valence-corrected chi connectivity index (χ4v) is 1.96. The van der Waals surface area contributed by atoms with Crippen LogP contribution >= 0.6 is 11.6 Å². The van der Waals surface area contributed by atoms with Crippen molar-refractivity contribution in [1.82, 2.24) is 0 Å². The van der Waals surface area contributed by atoms with Gasteiger partial charge in [-0.25, -0.2) is 0 Å². The third kappa shape index (κ3) is 3.36. The van der Waals surface area contributed by atoms with Crippen LogP contribution in [0.25, 0.3) is 0 Å². The molecule has 2 aromatic carbocycles. The second kappa shape index (κ2) is 5.63. The molecule has 0 aliphatic rings. The van der Waals surface area contributed by atoms with Crippen molar-refractivity contribution in [3.8, 4) is 0 Å². The van der Waals surface area contributed by atoms with Gasteiger partial charge in [0, 0.05) is 22.9 Å². The molecule has 0 aromatic heterocycles. The molecule has 0 saturated heterocycles. The molecule has 0 radical (unpaired) electrons. The van der Waals surface area contributed by atoms with Crippen LogP contribution in [-0.2, 0) is 12.7 Å². The Kier molecular flexibility index (Phi) is 4.09. The van der Waals surface area contributed by atoms with Crippen molar-refractivity contribution in [3.05, 3.63) is 58.6 Å². The summed E-state index contributed by atoms with van der Waals surface area (Å²) in [6, 6.07) is 10.6. The van der Waals surface area contributed by atoms with E-state index in [1.54, 1.807) is 24.3 Å². The number of halogens is 4. The number of nitrogens with two attached hydrogens (primary N) is 1. The number of hydrogen-bond donors (Lipinski definition) is 2. The first-order valence-electron chi connectivity index (χ1n) is 5.82. The molecule has 3 N–H and O–H groups in total. The summed E-state index contributed by atoms with van der Waals surface area (Å²) >= 11 is 5.62. The van der Waals surface area contributed by atoms with Crippen molar-refractivity contribution in [2.45, 2.75) is 12.7 Å². The summed E-state index contributed by atoms with van der Waals surface area (Å²) in [4.78, 5) is 0. The SMILES string of the molecule is Nc1ccccc1CNc1ccc(Cl)cc1C(F)(F)F. The average molecular weight is 301 g/mol. The molecule has 0 fully saturated rings. The van der Waals surface area contributed by atoms with Crippen LogP contribution in [0.1, 0.15) is 11.1 Å². The zero-order valence-electron chi connectivity index (χ0n) is 10.3. The molecule has 0 aliphatic carbocycles. The third-order valence-electron chi connectivity index (χ3n) is 2.81. The molecule has 20 heavy (non-hydrogen) atoms. The second-order valence-corrected chi connectivity index (χ2v) is 4.68. The Morgan fingerprint density at radius 1 is 1.10 bits per heavy atom. The molecular formula is C14H12ClF3N2. The van der Waals surface area contributed by atoms with E-state index >= 15 is 0 Å². The highest BCUT2D eigenvalue weighted by Gasteiger charge is 2.33. The first-order chi connectivity index (χ1) is 9.38. The zero-order valence-corrected chi connectivity index (χ0v) is 11.1. The quantitative estimate of drug-likeness (QED) is 0.816. The average Bonchev–Trinajstić information content (AvgIpc) is 2.38. The van der Waals surface area contributed by atoms with Crippen LogP contribution in [0.4, 0.5) is 24.5 Å². The van der Waals surface area contributed by atoms with E-state index in [2.05, 4.69) is 5.32 Å². The fourth-order valence-electron chi connectivity index (χ4n) is 1.79. The van der Waals surface area contributed by atoms with Gasteiger partial charge in [-0.2, -0.15) is 13.2 Å². The number of hydrogen-bond acceptors (Lipinski definition) is 2. The largest absolute Gasteiger partial charge is 0.418 e. The van der Waals surface area contributed by atoms with Gasteiger partial charge in [0.15, 0.2) is 0 Å². The van der Waals surface area contributed by atoms with Gasteiger partial charge in [0.25, 0.3) is 0 Å². The zero-order chi connectivity index (χ0) is 14.8. The molecule has 2 rings (SSSR count). The second-order valence-electron chi connectivity index (χ2n) is 4.24. The first-order valence-corrected chi connectivity index (χ1v) is 6.20. The van der Waals surface area contributed by atoms with Gasteiger partial charge in [0.1, 0.15) is 0 Å². The summed E-state index contributed by atoms with van der Waals surface area (Å²) in [6.07, 6.45) is -4.46. The maximum Gasteiger partial charge on any atom is 0.418 e. The molecule has 0 bridgehead atoms. The molecule has 106 valence electrons. The molecular weight excluding hydrogens is 289 g/mol. The Hall–Kier alpha value is -1.88. The monoisotopic (exact) mass is 300 g/mol. The van der Waals surface area contributed by atoms with Crippen molar-refractivity contribution in [2.75, 3.05) is 11.1 Å². The highest BCUT2D eigenvalue weighted by Crippen LogP contribution is 2.36. The van der Waals surface area contributed by atoms with Gasteiger partial charge in [0.05, 0.1) is 5.56 Å². The normalized spacial score (nSPS) is 11.4. The molecule has 0 aliphatic heterocycles. The lowest BCUT2D eigenvalue weighted by atomic mass is 10.1. The molecule has 2 aromatic rings. The fraction of sp³-hybridized carbons (Fsp3) is 0.143. The molecule has 0 unspecified atom stereocenters. The highest BCUT2D eigenvalue weighted by atomic mass is 35.5. The summed E-state index contributed by atoms with van der Waals surface area (Å²) in [6.45, 7) is 0.206. The van der Waals surface area contributed by atoms with E-state index in [0.717, 1.165) is 11.6 Å². The van der Waals surface area contributed by atoms with Crippen molar-refractivity contribution in [1.29, 1.82) is 0 Å². The molecule has 0 heterocycles. The van der Waals surface area contributed by atoms with Crippen LogP contribution in [0.15, 0.2) is 42.5 Å². The minimum Gasteiger partial charge on any atom is -0.398 e. The Labute approximate surface area is 119 Å². The molecule has 0 atom stereocenters. The number of anilines is 2. The van der Waals surface area contributed by atoms with Gasteiger partial charge in [0.2, 0.25) is 0 Å². The predicted octanol–water partition coefficient (Wildman–Crippen LogP) is 4.55. The van der Waals surface area contributed by atoms with E-state index in [4.69, 9.17) is 17.3 Å². The third-order valence-corrected chi connectivity index (χ3v) is 3.05. The van der Waals surface area contributed by atoms with Crippen molar-refractivity contribution >= 4 is 23.0 Å². The van der Waals surface area contributed by atoms with E-state index in [0.29, 0.717) is 5.69 Å². The summed E-state index contributed by atoms with van der Waals surface area (Å²) in [5.74, 6) is 0. The smallest absolute Gasteiger partial charge is 0.398 e. The van der Waals surface area contributed by atoms with Gasteiger partial charge in [-0.3, -0.25) is 0 Å². The van der Waals surface area contributed by atoms with Crippen molar-refractivity contribution < 1.29 is 13.2 Å². The van der Waals surface area contributed by atoms with Gasteiger partial charge in [-0.15, -0.1) is 0 Å². The van der Waals surface area contributed by atoms with Crippen LogP contribution in [0.3, 0.4) is 0 Å². The minimum absolute atomic E-state index is 0.0230. The molecule has 0 saturated carbocycles. The Morgan fingerprint density at radius 2 is 1.80 bits per heavy atom. The highest BCUT2D eigenvalue weighted by molar-refractivity contribution is 6.30. The Morgan fingerprint density at radius 3 is 2.45 bits per heavy atom. The van der Waals surface area contributed by atoms with Gasteiger partial charge >= 0.3 is 6.18 Å². The van der Waals surface area contributed by atoms with Crippen LogP contribution in [0.5, 0.6) is 0 Å². The number of para-hydroxylation sites is 1. The minimum atomic E-state index is -4.46. The molecule has 2 nitrogen and oxygen atoms in total. The summed E-state index contributed by atoms with van der Waals surface area (Å²) in [5.41, 5.74) is 6.20. The topological polar surface area (TPSA) is 38.0 Å². The molecule has 0 spiro atoms. The van der Waals surface area contributed by atoms with Crippen LogP contribution in [-0.4, -0.2) is 0 Å². The van der Waals surface area contributed by atoms with Gasteiger partial charge in [-0.1, -0.05) is 29.8 Å². The van der Waals surface area contributed by atoms with E-state index < -0.39 is 11.7 Å². The van der Waals surface area contributed by atoms with E-state index in [-0.39, 0.29) is 17.3 Å². The Balaban J connectivity index is 2.24. The van der Waals surface area contributed by atoms with Crippen LogP contribution in [0.2, 0.25) is 5.02 Å². The standard InChI is InChI=1S/C14H12ClF3N2/c15-10-5-6-13(11(7-10)14(16,17)18)20-8-9-3-1-2-4-12(9)19/h1-7,20H,8,19H2. The Bertz CT molecular complexity index is 612. The summed E-state index contributed by atoms with van der Waals surface area (Å²) in [7, 11) is 0. The van der Waals surface area contributed by atoms with E-state index in [1.165, 1.54) is 12.1 Å². The maximum absolute atomic E-state index is 12.9. The van der Waals surface area contributed by atoms with Crippen molar-refractivity contribution in [2.24, 2.45) is 0 Å². The van der Waals surface area contributed by atoms with Gasteiger partial charge in [-0.05, 0) is 29.8 Å². The van der Waals surface area contributed by atoms with Crippen LogP contribution < -0.4 is 11.1 Å². The number of rotatable bonds is 3. The maximum atomic E-state index is 12.9. The number of benzene rings is 2. The van der Waals surface area contributed by atoms with E-state index in [9.17, 15) is 13.2 Å². The lowest BCUT2D eigenvalue weighted by molar-refractivity contribution is -0.136. The van der Waals surface area contributed by atoms with Crippen LogP contribution in [0, 0.1) is 0 Å². The molecule has 6 heteroatoms. The lowest BCUT2D eigenvalue weighted by Crippen LogP contribution is -2.11. The number of nitrogen functional groups attached to an aromatic ring is 1. The van der Waals surface area contributed by atoms with Crippen molar-refractivity contribution in [3.63, 3.8) is 0 Å². The number of alkyl halides is 3. The lowest BCUT2D eigenvalue weighted by Gasteiger charge is -2.15. The summed E-state index contributed by atoms with van der Waals surface area (Å²) in [5, 5.41) is 2.79. The van der Waals surface area contributed by atoms with E-state index in [1.807, 2.05) is 0 Å².